The number of aromatic nitrogens is 2. The van der Waals surface area contributed by atoms with Crippen LogP contribution in [0.15, 0.2) is 6.07 Å². The van der Waals surface area contributed by atoms with Gasteiger partial charge >= 0.3 is 0 Å². The van der Waals surface area contributed by atoms with Gasteiger partial charge in [0.25, 0.3) is 0 Å². The van der Waals surface area contributed by atoms with Gasteiger partial charge in [0.05, 0.1) is 0 Å². The zero-order valence-electron chi connectivity index (χ0n) is 14.2. The molecule has 1 saturated carbocycles. The lowest BCUT2D eigenvalue weighted by Gasteiger charge is -2.45. The molecular weight excluding hydrogens is 260 g/mol. The summed E-state index contributed by atoms with van der Waals surface area (Å²) in [5.74, 6) is 2.63. The number of likely N-dealkylation sites (N-methyl/N-ethyl adjacent to an activating group) is 1. The first kappa shape index (κ1) is 16.2. The molecule has 2 rings (SSSR count). The van der Waals surface area contributed by atoms with E-state index in [1.807, 2.05) is 6.92 Å². The lowest BCUT2D eigenvalue weighted by molar-refractivity contribution is 0.0881. The molecule has 4 heteroatoms. The summed E-state index contributed by atoms with van der Waals surface area (Å²) in [5, 5.41) is 3.58. The molecule has 1 heterocycles. The Hall–Kier alpha value is -1.16. The molecule has 0 radical (unpaired) electrons. The summed E-state index contributed by atoms with van der Waals surface area (Å²) in [6, 6.07) is 2.09. The van der Waals surface area contributed by atoms with Gasteiger partial charge in [-0.25, -0.2) is 9.97 Å². The van der Waals surface area contributed by atoms with Gasteiger partial charge in [-0.15, -0.1) is 0 Å². The summed E-state index contributed by atoms with van der Waals surface area (Å²) < 4.78 is 0. The fourth-order valence-electron chi connectivity index (χ4n) is 3.51. The maximum absolute atomic E-state index is 4.53. The first-order chi connectivity index (χ1) is 9.95. The number of nitrogens with zero attached hydrogens (tertiary/aromatic N) is 3. The van der Waals surface area contributed by atoms with Crippen LogP contribution in [0.2, 0.25) is 0 Å². The van der Waals surface area contributed by atoms with E-state index in [0.717, 1.165) is 36.2 Å². The maximum atomic E-state index is 4.53. The molecule has 0 saturated heterocycles. The SMILES string of the molecule is CCc1cc(NCC2(N(C)C)CCCC(C)C2)nc(C)n1. The Labute approximate surface area is 129 Å². The number of hydrogen-bond donors (Lipinski definition) is 1. The van der Waals surface area contributed by atoms with Crippen molar-refractivity contribution in [1.29, 1.82) is 0 Å². The van der Waals surface area contributed by atoms with Crippen LogP contribution in [0.3, 0.4) is 0 Å². The molecule has 1 aliphatic carbocycles. The largest absolute Gasteiger partial charge is 0.368 e. The Morgan fingerprint density at radius 1 is 1.38 bits per heavy atom. The summed E-state index contributed by atoms with van der Waals surface area (Å²) in [6.45, 7) is 7.44. The summed E-state index contributed by atoms with van der Waals surface area (Å²) in [6.07, 6.45) is 6.17. The van der Waals surface area contributed by atoms with Gasteiger partial charge < -0.3 is 10.2 Å². The maximum Gasteiger partial charge on any atom is 0.129 e. The second-order valence-corrected chi connectivity index (χ2v) is 6.82. The Kier molecular flexibility index (Phi) is 5.20. The minimum absolute atomic E-state index is 0.253. The van der Waals surface area contributed by atoms with Crippen LogP contribution in [0, 0.1) is 12.8 Å². The van der Waals surface area contributed by atoms with Crippen LogP contribution in [0.1, 0.15) is 51.0 Å². The van der Waals surface area contributed by atoms with Crippen LogP contribution in [0.5, 0.6) is 0 Å². The quantitative estimate of drug-likeness (QED) is 0.903. The number of hydrogen-bond acceptors (Lipinski definition) is 4. The van der Waals surface area contributed by atoms with E-state index in [4.69, 9.17) is 0 Å². The minimum Gasteiger partial charge on any atom is -0.368 e. The number of rotatable bonds is 5. The zero-order chi connectivity index (χ0) is 15.5. The van der Waals surface area contributed by atoms with Gasteiger partial charge in [-0.3, -0.25) is 0 Å². The highest BCUT2D eigenvalue weighted by Gasteiger charge is 2.36. The van der Waals surface area contributed by atoms with Crippen molar-refractivity contribution in [3.05, 3.63) is 17.6 Å². The molecule has 2 atom stereocenters. The van der Waals surface area contributed by atoms with E-state index in [9.17, 15) is 0 Å². The van der Waals surface area contributed by atoms with Gasteiger partial charge in [-0.2, -0.15) is 0 Å². The summed E-state index contributed by atoms with van der Waals surface area (Å²) in [5.41, 5.74) is 1.36. The fourth-order valence-corrected chi connectivity index (χ4v) is 3.51. The molecule has 1 aliphatic rings. The highest BCUT2D eigenvalue weighted by Crippen LogP contribution is 2.35. The third kappa shape index (κ3) is 3.94. The van der Waals surface area contributed by atoms with E-state index in [1.54, 1.807) is 0 Å². The Morgan fingerprint density at radius 2 is 2.14 bits per heavy atom. The average molecular weight is 290 g/mol. The first-order valence-corrected chi connectivity index (χ1v) is 8.21. The van der Waals surface area contributed by atoms with Crippen molar-refractivity contribution in [2.45, 2.75) is 58.4 Å². The van der Waals surface area contributed by atoms with Crippen LogP contribution in [0.25, 0.3) is 0 Å². The first-order valence-electron chi connectivity index (χ1n) is 8.21. The van der Waals surface area contributed by atoms with Gasteiger partial charge in [0.15, 0.2) is 0 Å². The third-order valence-corrected chi connectivity index (χ3v) is 4.87. The van der Waals surface area contributed by atoms with E-state index in [1.165, 1.54) is 25.7 Å². The van der Waals surface area contributed by atoms with Gasteiger partial charge in [-0.05, 0) is 46.2 Å². The van der Waals surface area contributed by atoms with Crippen molar-refractivity contribution >= 4 is 5.82 Å². The molecule has 1 fully saturated rings. The highest BCUT2D eigenvalue weighted by atomic mass is 15.2. The summed E-state index contributed by atoms with van der Waals surface area (Å²) >= 11 is 0. The van der Waals surface area contributed by atoms with E-state index < -0.39 is 0 Å². The normalized spacial score (nSPS) is 26.1. The molecule has 4 nitrogen and oxygen atoms in total. The third-order valence-electron chi connectivity index (χ3n) is 4.87. The molecule has 0 spiro atoms. The zero-order valence-corrected chi connectivity index (χ0v) is 14.2. The van der Waals surface area contributed by atoms with Gasteiger partial charge in [0.2, 0.25) is 0 Å². The molecule has 1 aromatic rings. The second kappa shape index (κ2) is 6.73. The standard InChI is InChI=1S/C17H30N4/c1-6-15-10-16(20-14(3)19-15)18-12-17(21(4)5)9-7-8-13(2)11-17/h10,13H,6-9,11-12H2,1-5H3,(H,18,19,20). The molecule has 0 amide bonds. The number of nitrogens with one attached hydrogen (secondary N) is 1. The van der Waals surface area contributed by atoms with E-state index in [0.29, 0.717) is 0 Å². The molecule has 21 heavy (non-hydrogen) atoms. The molecule has 118 valence electrons. The Morgan fingerprint density at radius 3 is 2.76 bits per heavy atom. The monoisotopic (exact) mass is 290 g/mol. The van der Waals surface area contributed by atoms with Crippen LogP contribution < -0.4 is 5.32 Å². The predicted octanol–water partition coefficient (Wildman–Crippen LogP) is 3.27. The van der Waals surface area contributed by atoms with Crippen molar-refractivity contribution in [3.63, 3.8) is 0 Å². The molecule has 1 aromatic heterocycles. The van der Waals surface area contributed by atoms with Crippen LogP contribution >= 0.6 is 0 Å². The van der Waals surface area contributed by atoms with Gasteiger partial charge in [0.1, 0.15) is 11.6 Å². The van der Waals surface area contributed by atoms with Crippen molar-refractivity contribution in [2.24, 2.45) is 5.92 Å². The molecule has 2 unspecified atom stereocenters. The fraction of sp³-hybridized carbons (Fsp3) is 0.765. The molecular formula is C17H30N4. The topological polar surface area (TPSA) is 41.0 Å². The van der Waals surface area contributed by atoms with Crippen LogP contribution in [0.4, 0.5) is 5.82 Å². The van der Waals surface area contributed by atoms with Gasteiger partial charge in [-0.1, -0.05) is 26.7 Å². The van der Waals surface area contributed by atoms with E-state index >= 15 is 0 Å². The summed E-state index contributed by atoms with van der Waals surface area (Å²) in [7, 11) is 4.42. The lowest BCUT2D eigenvalue weighted by atomic mass is 9.75. The highest BCUT2D eigenvalue weighted by molar-refractivity contribution is 5.36. The lowest BCUT2D eigenvalue weighted by Crippen LogP contribution is -2.52. The summed E-state index contributed by atoms with van der Waals surface area (Å²) in [4.78, 5) is 11.4. The van der Waals surface area contributed by atoms with Gasteiger partial charge in [0, 0.05) is 23.8 Å². The molecule has 0 aromatic carbocycles. The second-order valence-electron chi connectivity index (χ2n) is 6.82. The Balaban J connectivity index is 2.10. The van der Waals surface area contributed by atoms with Crippen LogP contribution in [-0.2, 0) is 6.42 Å². The van der Waals surface area contributed by atoms with Crippen molar-refractivity contribution < 1.29 is 0 Å². The minimum atomic E-state index is 0.253. The predicted molar refractivity (Wildman–Crippen MR) is 88.7 cm³/mol. The number of aryl methyl sites for hydroxylation is 2. The van der Waals surface area contributed by atoms with Crippen molar-refractivity contribution in [2.75, 3.05) is 26.0 Å². The molecule has 0 aliphatic heterocycles. The van der Waals surface area contributed by atoms with E-state index in [2.05, 4.69) is 54.2 Å². The molecule has 0 bridgehead atoms. The Bertz CT molecular complexity index is 472. The smallest absolute Gasteiger partial charge is 0.129 e. The average Bonchev–Trinajstić information content (AvgIpc) is 2.44. The molecule has 1 N–H and O–H groups in total. The van der Waals surface area contributed by atoms with Crippen LogP contribution in [-0.4, -0.2) is 41.0 Å². The van der Waals surface area contributed by atoms with Crippen molar-refractivity contribution in [1.82, 2.24) is 14.9 Å². The number of anilines is 1. The van der Waals surface area contributed by atoms with E-state index in [-0.39, 0.29) is 5.54 Å². The van der Waals surface area contributed by atoms with Crippen molar-refractivity contribution in [3.8, 4) is 0 Å².